The quantitative estimate of drug-likeness (QED) is 0.539. The third-order valence-corrected chi connectivity index (χ3v) is 5.04. The van der Waals surface area contributed by atoms with Gasteiger partial charge in [-0.1, -0.05) is 48.5 Å². The Bertz CT molecular complexity index is 1160. The van der Waals surface area contributed by atoms with Gasteiger partial charge in [0.2, 0.25) is 0 Å². The summed E-state index contributed by atoms with van der Waals surface area (Å²) in [7, 11) is 1.81. The maximum atomic E-state index is 12.4. The molecule has 0 saturated carbocycles. The second-order valence-electron chi connectivity index (χ2n) is 7.08. The average molecular weight is 382 g/mol. The van der Waals surface area contributed by atoms with Crippen molar-refractivity contribution in [3.8, 4) is 22.4 Å². The van der Waals surface area contributed by atoms with Crippen LogP contribution in [0.3, 0.4) is 0 Å². The molecule has 5 nitrogen and oxygen atoms in total. The van der Waals surface area contributed by atoms with E-state index in [0.717, 1.165) is 16.8 Å². The summed E-state index contributed by atoms with van der Waals surface area (Å²) >= 11 is 0. The smallest absolute Gasteiger partial charge is 0.275 e. The van der Waals surface area contributed by atoms with Crippen LogP contribution in [0.5, 0.6) is 0 Å². The molecule has 144 valence electrons. The Morgan fingerprint density at radius 2 is 1.59 bits per heavy atom. The van der Waals surface area contributed by atoms with E-state index in [4.69, 9.17) is 0 Å². The van der Waals surface area contributed by atoms with E-state index in [2.05, 4.69) is 71.7 Å². The number of aryl methyl sites for hydroxylation is 3. The molecule has 5 heteroatoms. The summed E-state index contributed by atoms with van der Waals surface area (Å²) in [5.74, 6) is 0.360. The molecular weight excluding hydrogens is 360 g/mol. The lowest BCUT2D eigenvalue weighted by Crippen LogP contribution is -2.15. The number of aromatic nitrogens is 3. The summed E-state index contributed by atoms with van der Waals surface area (Å²) in [6.45, 7) is 4.25. The van der Waals surface area contributed by atoms with E-state index in [9.17, 15) is 4.79 Å². The first-order chi connectivity index (χ1) is 14.0. The number of pyridine rings is 1. The summed E-state index contributed by atoms with van der Waals surface area (Å²) < 4.78 is 1.66. The molecule has 4 aromatic rings. The normalized spacial score (nSPS) is 10.7. The molecule has 4 rings (SSSR count). The molecule has 0 saturated heterocycles. The van der Waals surface area contributed by atoms with E-state index in [1.807, 2.05) is 6.07 Å². The van der Waals surface area contributed by atoms with Crippen LogP contribution in [0.4, 0.5) is 5.82 Å². The molecule has 2 heterocycles. The minimum atomic E-state index is -0.259. The van der Waals surface area contributed by atoms with Crippen molar-refractivity contribution in [1.29, 1.82) is 0 Å². The van der Waals surface area contributed by atoms with Gasteiger partial charge in [0.05, 0.1) is 5.69 Å². The Morgan fingerprint density at radius 3 is 2.28 bits per heavy atom. The van der Waals surface area contributed by atoms with Crippen LogP contribution < -0.4 is 5.32 Å². The van der Waals surface area contributed by atoms with Gasteiger partial charge in [0.1, 0.15) is 11.5 Å². The van der Waals surface area contributed by atoms with Crippen LogP contribution in [0.25, 0.3) is 22.4 Å². The highest BCUT2D eigenvalue weighted by molar-refractivity contribution is 6.02. The van der Waals surface area contributed by atoms with Crippen LogP contribution in [0.1, 0.15) is 21.6 Å². The molecule has 0 bridgehead atoms. The second-order valence-corrected chi connectivity index (χ2v) is 7.08. The largest absolute Gasteiger partial charge is 0.305 e. The van der Waals surface area contributed by atoms with Crippen LogP contribution in [0, 0.1) is 13.8 Å². The van der Waals surface area contributed by atoms with Crippen molar-refractivity contribution in [3.05, 3.63) is 89.7 Å². The number of amides is 1. The lowest BCUT2D eigenvalue weighted by Gasteiger charge is -2.06. The first-order valence-corrected chi connectivity index (χ1v) is 9.46. The third kappa shape index (κ3) is 3.94. The molecular formula is C24H22N4O. The van der Waals surface area contributed by atoms with E-state index >= 15 is 0 Å². The van der Waals surface area contributed by atoms with Crippen LogP contribution in [-0.4, -0.2) is 20.7 Å². The summed E-state index contributed by atoms with van der Waals surface area (Å²) in [5.41, 5.74) is 7.10. The Balaban J connectivity index is 1.55. The Hall–Kier alpha value is -3.73. The van der Waals surface area contributed by atoms with Crippen molar-refractivity contribution in [2.24, 2.45) is 7.05 Å². The molecule has 0 aliphatic heterocycles. The van der Waals surface area contributed by atoms with E-state index in [0.29, 0.717) is 11.5 Å². The molecule has 0 fully saturated rings. The van der Waals surface area contributed by atoms with E-state index in [1.54, 1.807) is 36.1 Å². The van der Waals surface area contributed by atoms with Gasteiger partial charge in [0.15, 0.2) is 0 Å². The van der Waals surface area contributed by atoms with Crippen molar-refractivity contribution in [2.45, 2.75) is 13.8 Å². The Morgan fingerprint density at radius 1 is 0.862 bits per heavy atom. The highest BCUT2D eigenvalue weighted by Crippen LogP contribution is 2.27. The van der Waals surface area contributed by atoms with Gasteiger partial charge in [-0.25, -0.2) is 0 Å². The van der Waals surface area contributed by atoms with Crippen molar-refractivity contribution < 1.29 is 4.79 Å². The predicted molar refractivity (Wildman–Crippen MR) is 116 cm³/mol. The van der Waals surface area contributed by atoms with Crippen molar-refractivity contribution >= 4 is 11.7 Å². The van der Waals surface area contributed by atoms with Gasteiger partial charge in [-0.15, -0.1) is 0 Å². The lowest BCUT2D eigenvalue weighted by molar-refractivity contribution is 0.102. The standard InChI is InChI=1S/C24H22N4O/c1-16-7-8-20(14-17(16)2)18-9-11-19(12-10-18)22-15-23(28(3)27-22)26-24(29)21-6-4-5-13-25-21/h4-15H,1-3H3,(H,26,29). The number of carbonyl (C=O) groups is 1. The number of nitrogens with one attached hydrogen (secondary N) is 1. The highest BCUT2D eigenvalue weighted by atomic mass is 16.2. The van der Waals surface area contributed by atoms with E-state index < -0.39 is 0 Å². The molecule has 0 radical (unpaired) electrons. The summed E-state index contributed by atoms with van der Waals surface area (Å²) in [4.78, 5) is 16.4. The van der Waals surface area contributed by atoms with E-state index in [-0.39, 0.29) is 5.91 Å². The number of hydrogen-bond donors (Lipinski definition) is 1. The summed E-state index contributed by atoms with van der Waals surface area (Å²) in [5, 5.41) is 7.40. The first kappa shape index (κ1) is 18.6. The van der Waals surface area contributed by atoms with Crippen LogP contribution in [0.15, 0.2) is 72.9 Å². The van der Waals surface area contributed by atoms with Gasteiger partial charge in [0, 0.05) is 24.9 Å². The number of hydrogen-bond acceptors (Lipinski definition) is 3. The molecule has 2 aromatic heterocycles. The van der Waals surface area contributed by atoms with Crippen molar-refractivity contribution in [3.63, 3.8) is 0 Å². The second kappa shape index (κ2) is 7.72. The van der Waals surface area contributed by atoms with Gasteiger partial charge in [-0.3, -0.25) is 14.5 Å². The van der Waals surface area contributed by atoms with Gasteiger partial charge in [0.25, 0.3) is 5.91 Å². The highest BCUT2D eigenvalue weighted by Gasteiger charge is 2.12. The fraction of sp³-hybridized carbons (Fsp3) is 0.125. The monoisotopic (exact) mass is 382 g/mol. The topological polar surface area (TPSA) is 59.8 Å². The zero-order chi connectivity index (χ0) is 20.4. The lowest BCUT2D eigenvalue weighted by atomic mass is 9.99. The van der Waals surface area contributed by atoms with Gasteiger partial charge in [-0.2, -0.15) is 5.10 Å². The number of benzene rings is 2. The van der Waals surface area contributed by atoms with Crippen LogP contribution >= 0.6 is 0 Å². The third-order valence-electron chi connectivity index (χ3n) is 5.04. The fourth-order valence-electron chi connectivity index (χ4n) is 3.16. The van der Waals surface area contributed by atoms with Gasteiger partial charge < -0.3 is 5.32 Å². The first-order valence-electron chi connectivity index (χ1n) is 9.46. The van der Waals surface area contributed by atoms with Crippen LogP contribution in [-0.2, 0) is 7.05 Å². The maximum absolute atomic E-state index is 12.4. The Kier molecular flexibility index (Phi) is 4.96. The number of anilines is 1. The molecule has 0 spiro atoms. The van der Waals surface area contributed by atoms with Gasteiger partial charge in [-0.05, 0) is 48.2 Å². The summed E-state index contributed by atoms with van der Waals surface area (Å²) in [6.07, 6.45) is 1.60. The Labute approximate surface area is 170 Å². The van der Waals surface area contributed by atoms with E-state index in [1.165, 1.54) is 16.7 Å². The fourth-order valence-corrected chi connectivity index (χ4v) is 3.16. The van der Waals surface area contributed by atoms with Gasteiger partial charge >= 0.3 is 0 Å². The maximum Gasteiger partial charge on any atom is 0.275 e. The number of nitrogens with zero attached hydrogens (tertiary/aromatic N) is 3. The number of rotatable bonds is 4. The predicted octanol–water partition coefficient (Wildman–Crippen LogP) is 5.02. The zero-order valence-electron chi connectivity index (χ0n) is 16.7. The minimum Gasteiger partial charge on any atom is -0.305 e. The molecule has 0 aliphatic rings. The molecule has 0 unspecified atom stereocenters. The van der Waals surface area contributed by atoms with Crippen LogP contribution in [0.2, 0.25) is 0 Å². The van der Waals surface area contributed by atoms with Crippen molar-refractivity contribution in [2.75, 3.05) is 5.32 Å². The molecule has 0 aliphatic carbocycles. The molecule has 2 aromatic carbocycles. The minimum absolute atomic E-state index is 0.259. The molecule has 0 atom stereocenters. The molecule has 29 heavy (non-hydrogen) atoms. The number of carbonyl (C=O) groups excluding carboxylic acids is 1. The van der Waals surface area contributed by atoms with Crippen molar-refractivity contribution in [1.82, 2.24) is 14.8 Å². The average Bonchev–Trinajstić information content (AvgIpc) is 3.11. The molecule has 1 amide bonds. The summed E-state index contributed by atoms with van der Waals surface area (Å²) in [6, 6.07) is 21.9. The SMILES string of the molecule is Cc1ccc(-c2ccc(-c3cc(NC(=O)c4ccccn4)n(C)n3)cc2)cc1C. The zero-order valence-corrected chi connectivity index (χ0v) is 16.7. The molecule has 1 N–H and O–H groups in total.